The highest BCUT2D eigenvalue weighted by atomic mass is 35.5. The molecule has 1 fully saturated rings. The summed E-state index contributed by atoms with van der Waals surface area (Å²) in [6, 6.07) is 3.56. The van der Waals surface area contributed by atoms with E-state index in [-0.39, 0.29) is 18.1 Å². The molecule has 0 aromatic heterocycles. The number of nitrogens with one attached hydrogen (secondary N) is 1. The van der Waals surface area contributed by atoms with E-state index in [4.69, 9.17) is 16.3 Å². The van der Waals surface area contributed by atoms with E-state index in [2.05, 4.69) is 4.72 Å². The van der Waals surface area contributed by atoms with Crippen LogP contribution < -0.4 is 4.72 Å². The Morgan fingerprint density at radius 3 is 2.84 bits per heavy atom. The molecule has 0 bridgehead atoms. The van der Waals surface area contributed by atoms with Gasteiger partial charge in [0, 0.05) is 12.6 Å². The molecule has 1 aromatic carbocycles. The molecule has 140 valence electrons. The molecular weight excluding hydrogens is 371 g/mol. The van der Waals surface area contributed by atoms with Crippen molar-refractivity contribution in [3.63, 3.8) is 0 Å². The second-order valence-electron chi connectivity index (χ2n) is 6.02. The molecule has 2 atom stereocenters. The first kappa shape index (κ1) is 19.9. The molecule has 1 amide bonds. The summed E-state index contributed by atoms with van der Waals surface area (Å²) in [7, 11) is -3.48. The second-order valence-corrected chi connectivity index (χ2v) is 8.20. The Labute approximate surface area is 152 Å². The van der Waals surface area contributed by atoms with Crippen molar-refractivity contribution < 1.29 is 22.3 Å². The standard InChI is InChI=1S/C16H22ClFN2O4S/c1-3-24-16(21)20-9-5-8-13(19-25(2,22)23)14(20)10-11-6-4-7-12(17)15(11)18/h4,6-7,13-14,19H,3,5,8-10H2,1-2H3/t13-,14-/m1/s1. The summed E-state index contributed by atoms with van der Waals surface area (Å²) in [5.74, 6) is -0.559. The predicted molar refractivity (Wildman–Crippen MR) is 93.6 cm³/mol. The van der Waals surface area contributed by atoms with Crippen LogP contribution in [0.4, 0.5) is 9.18 Å². The van der Waals surface area contributed by atoms with Gasteiger partial charge in [-0.1, -0.05) is 23.7 Å². The maximum absolute atomic E-state index is 14.3. The van der Waals surface area contributed by atoms with Crippen molar-refractivity contribution in [3.8, 4) is 0 Å². The minimum atomic E-state index is -3.48. The quantitative estimate of drug-likeness (QED) is 0.835. The van der Waals surface area contributed by atoms with Gasteiger partial charge in [0.15, 0.2) is 0 Å². The molecule has 0 spiro atoms. The van der Waals surface area contributed by atoms with Crippen LogP contribution in [0.3, 0.4) is 0 Å². The molecule has 1 aliphatic rings. The van der Waals surface area contributed by atoms with Crippen LogP contribution >= 0.6 is 11.6 Å². The van der Waals surface area contributed by atoms with Crippen molar-refractivity contribution in [3.05, 3.63) is 34.6 Å². The zero-order valence-electron chi connectivity index (χ0n) is 14.2. The van der Waals surface area contributed by atoms with Gasteiger partial charge in [0.2, 0.25) is 10.0 Å². The van der Waals surface area contributed by atoms with Gasteiger partial charge in [0.25, 0.3) is 0 Å². The van der Waals surface area contributed by atoms with Crippen LogP contribution in [0, 0.1) is 5.82 Å². The Kier molecular flexibility index (Phi) is 6.65. The first-order chi connectivity index (χ1) is 11.7. The summed E-state index contributed by atoms with van der Waals surface area (Å²) in [6.45, 7) is 2.32. The van der Waals surface area contributed by atoms with Gasteiger partial charge in [0.05, 0.1) is 23.9 Å². The Morgan fingerprint density at radius 1 is 1.48 bits per heavy atom. The fourth-order valence-electron chi connectivity index (χ4n) is 3.09. The third kappa shape index (κ3) is 5.29. The van der Waals surface area contributed by atoms with E-state index in [1.165, 1.54) is 11.0 Å². The number of rotatable bonds is 5. The minimum absolute atomic E-state index is 0.0105. The normalized spacial score (nSPS) is 21.2. The summed E-state index contributed by atoms with van der Waals surface area (Å²) < 4.78 is 45.3. The topological polar surface area (TPSA) is 75.7 Å². The monoisotopic (exact) mass is 392 g/mol. The van der Waals surface area contributed by atoms with Crippen molar-refractivity contribution in [1.29, 1.82) is 0 Å². The number of piperidine rings is 1. The lowest BCUT2D eigenvalue weighted by Gasteiger charge is -2.40. The van der Waals surface area contributed by atoms with E-state index in [9.17, 15) is 17.6 Å². The van der Waals surface area contributed by atoms with Crippen molar-refractivity contribution in [2.24, 2.45) is 0 Å². The van der Waals surface area contributed by atoms with Gasteiger partial charge in [0.1, 0.15) is 5.82 Å². The number of benzene rings is 1. The maximum Gasteiger partial charge on any atom is 0.410 e. The molecule has 6 nitrogen and oxygen atoms in total. The fourth-order valence-corrected chi connectivity index (χ4v) is 4.11. The number of likely N-dealkylation sites (tertiary alicyclic amines) is 1. The summed E-state index contributed by atoms with van der Waals surface area (Å²) >= 11 is 5.83. The highest BCUT2D eigenvalue weighted by Crippen LogP contribution is 2.26. The number of carbonyl (C=O) groups excluding carboxylic acids is 1. The molecule has 2 rings (SSSR count). The van der Waals surface area contributed by atoms with Gasteiger partial charge in [-0.05, 0) is 37.8 Å². The smallest absolute Gasteiger partial charge is 0.410 e. The first-order valence-electron chi connectivity index (χ1n) is 8.06. The Morgan fingerprint density at radius 2 is 2.20 bits per heavy atom. The summed E-state index contributed by atoms with van der Waals surface area (Å²) in [6.07, 6.45) is 1.84. The van der Waals surface area contributed by atoms with Crippen LogP contribution in [0.1, 0.15) is 25.3 Å². The van der Waals surface area contributed by atoms with Crippen molar-refractivity contribution in [2.75, 3.05) is 19.4 Å². The zero-order valence-corrected chi connectivity index (χ0v) is 15.7. The Hall–Kier alpha value is -1.38. The van der Waals surface area contributed by atoms with E-state index in [0.29, 0.717) is 24.9 Å². The third-order valence-corrected chi connectivity index (χ3v) is 5.13. The van der Waals surface area contributed by atoms with Gasteiger partial charge < -0.3 is 9.64 Å². The van der Waals surface area contributed by atoms with Gasteiger partial charge in [-0.25, -0.2) is 22.3 Å². The summed E-state index contributed by atoms with van der Waals surface area (Å²) in [4.78, 5) is 13.7. The molecule has 1 N–H and O–H groups in total. The van der Waals surface area contributed by atoms with Crippen LogP contribution in [-0.2, 0) is 21.2 Å². The number of carbonyl (C=O) groups is 1. The number of ether oxygens (including phenoxy) is 1. The van der Waals surface area contributed by atoms with Crippen molar-refractivity contribution >= 4 is 27.7 Å². The molecule has 0 saturated carbocycles. The zero-order chi connectivity index (χ0) is 18.6. The Bertz CT molecular complexity index is 729. The minimum Gasteiger partial charge on any atom is -0.450 e. The molecule has 0 radical (unpaired) electrons. The predicted octanol–water partition coefficient (Wildman–Crippen LogP) is 2.56. The van der Waals surface area contributed by atoms with Gasteiger partial charge in [-0.15, -0.1) is 0 Å². The van der Waals surface area contributed by atoms with E-state index in [0.717, 1.165) is 6.26 Å². The molecule has 1 aromatic rings. The van der Waals surface area contributed by atoms with Crippen LogP contribution in [0.15, 0.2) is 18.2 Å². The number of sulfonamides is 1. The third-order valence-electron chi connectivity index (χ3n) is 4.11. The van der Waals surface area contributed by atoms with E-state index >= 15 is 0 Å². The van der Waals surface area contributed by atoms with E-state index < -0.39 is 34.0 Å². The van der Waals surface area contributed by atoms with E-state index in [1.54, 1.807) is 19.1 Å². The van der Waals surface area contributed by atoms with Gasteiger partial charge in [-0.2, -0.15) is 0 Å². The van der Waals surface area contributed by atoms with Gasteiger partial charge >= 0.3 is 6.09 Å². The molecule has 1 heterocycles. The van der Waals surface area contributed by atoms with Crippen LogP contribution in [-0.4, -0.2) is 50.9 Å². The summed E-state index contributed by atoms with van der Waals surface area (Å²) in [5, 5.41) is -0.0105. The maximum atomic E-state index is 14.3. The molecule has 0 unspecified atom stereocenters. The highest BCUT2D eigenvalue weighted by molar-refractivity contribution is 7.88. The SMILES string of the molecule is CCOC(=O)N1CCC[C@@H](NS(C)(=O)=O)[C@H]1Cc1cccc(Cl)c1F. The summed E-state index contributed by atoms with van der Waals surface area (Å²) in [5.41, 5.74) is 0.328. The Balaban J connectivity index is 2.33. The molecule has 0 aliphatic carbocycles. The van der Waals surface area contributed by atoms with E-state index in [1.807, 2.05) is 0 Å². The average Bonchev–Trinajstić information content (AvgIpc) is 2.52. The number of nitrogens with zero attached hydrogens (tertiary/aromatic N) is 1. The first-order valence-corrected chi connectivity index (χ1v) is 10.3. The van der Waals surface area contributed by atoms with Crippen LogP contribution in [0.5, 0.6) is 0 Å². The van der Waals surface area contributed by atoms with Gasteiger partial charge in [-0.3, -0.25) is 0 Å². The van der Waals surface area contributed by atoms with Crippen LogP contribution in [0.2, 0.25) is 5.02 Å². The van der Waals surface area contributed by atoms with Crippen LogP contribution in [0.25, 0.3) is 0 Å². The number of amides is 1. The van der Waals surface area contributed by atoms with Crippen molar-refractivity contribution in [1.82, 2.24) is 9.62 Å². The molecule has 1 aliphatic heterocycles. The molecule has 9 heteroatoms. The lowest BCUT2D eigenvalue weighted by atomic mass is 9.91. The van der Waals surface area contributed by atoms with Crippen molar-refractivity contribution in [2.45, 2.75) is 38.3 Å². The number of halogens is 2. The second kappa shape index (κ2) is 8.33. The largest absolute Gasteiger partial charge is 0.450 e. The highest BCUT2D eigenvalue weighted by Gasteiger charge is 2.37. The molecule has 25 heavy (non-hydrogen) atoms. The molecular formula is C16H22ClFN2O4S. The lowest BCUT2D eigenvalue weighted by molar-refractivity contribution is 0.0676. The number of hydrogen-bond acceptors (Lipinski definition) is 4. The number of hydrogen-bond donors (Lipinski definition) is 1. The fraction of sp³-hybridized carbons (Fsp3) is 0.562. The lowest BCUT2D eigenvalue weighted by Crippen LogP contribution is -2.57. The molecule has 1 saturated heterocycles. The average molecular weight is 393 g/mol.